The number of nitrogens with one attached hydrogen (secondary N) is 1. The minimum atomic E-state index is -0.613. The number of ether oxygens (including phenoxy) is 2. The van der Waals surface area contributed by atoms with Gasteiger partial charge in [-0.1, -0.05) is 41.9 Å². The second-order valence-electron chi connectivity index (χ2n) is 4.90. The van der Waals surface area contributed by atoms with Gasteiger partial charge in [-0.15, -0.1) is 0 Å². The number of anilines is 1. The van der Waals surface area contributed by atoms with E-state index in [2.05, 4.69) is 21.2 Å². The molecule has 0 spiro atoms. The molecular weight excluding hydrogens is 382 g/mol. The van der Waals surface area contributed by atoms with E-state index < -0.39 is 6.10 Å². The van der Waals surface area contributed by atoms with E-state index in [4.69, 9.17) is 21.1 Å². The summed E-state index contributed by atoms with van der Waals surface area (Å²) < 4.78 is 11.5. The Morgan fingerprint density at radius 3 is 2.65 bits per heavy atom. The van der Waals surface area contributed by atoms with E-state index in [1.807, 2.05) is 30.3 Å². The molecule has 1 amide bonds. The van der Waals surface area contributed by atoms with Gasteiger partial charge in [0.1, 0.15) is 6.10 Å². The Kier molecular flexibility index (Phi) is 6.45. The molecule has 2 rings (SSSR count). The fourth-order valence-electron chi connectivity index (χ4n) is 1.97. The number of rotatable bonds is 6. The first-order chi connectivity index (χ1) is 11.0. The summed E-state index contributed by atoms with van der Waals surface area (Å²) in [6.45, 7) is 2.07. The van der Waals surface area contributed by atoms with E-state index in [1.54, 1.807) is 19.1 Å². The molecule has 2 aromatic rings. The molecule has 0 aliphatic heterocycles. The Morgan fingerprint density at radius 2 is 2.00 bits per heavy atom. The van der Waals surface area contributed by atoms with Gasteiger partial charge in [-0.3, -0.25) is 4.79 Å². The van der Waals surface area contributed by atoms with Crippen molar-refractivity contribution in [1.29, 1.82) is 0 Å². The van der Waals surface area contributed by atoms with Gasteiger partial charge in [-0.25, -0.2) is 0 Å². The smallest absolute Gasteiger partial charge is 0.253 e. The molecule has 0 heterocycles. The third-order valence-corrected chi connectivity index (χ3v) is 3.99. The molecule has 0 aromatic heterocycles. The van der Waals surface area contributed by atoms with E-state index in [1.165, 1.54) is 7.11 Å². The van der Waals surface area contributed by atoms with Crippen molar-refractivity contribution in [2.45, 2.75) is 19.6 Å². The standard InChI is InChI=1S/C17H17BrClNO3/c1-11(23-10-12-6-4-3-5-7-12)17(21)20-15-9-13(19)8-14(18)16(15)22-2/h3-9,11H,10H2,1-2H3,(H,20,21)/t11-/m1/s1. The molecule has 0 saturated heterocycles. The summed E-state index contributed by atoms with van der Waals surface area (Å²) in [6, 6.07) is 13.0. The van der Waals surface area contributed by atoms with Gasteiger partial charge in [0.25, 0.3) is 5.91 Å². The lowest BCUT2D eigenvalue weighted by molar-refractivity contribution is -0.127. The molecule has 1 atom stereocenters. The van der Waals surface area contributed by atoms with Crippen LogP contribution in [-0.2, 0) is 16.1 Å². The molecule has 0 fully saturated rings. The van der Waals surface area contributed by atoms with Crippen molar-refractivity contribution in [1.82, 2.24) is 0 Å². The Balaban J connectivity index is 2.01. The second kappa shape index (κ2) is 8.34. The third kappa shape index (κ3) is 4.96. The number of carbonyl (C=O) groups excluding carboxylic acids is 1. The highest BCUT2D eigenvalue weighted by Crippen LogP contribution is 2.36. The molecule has 1 N–H and O–H groups in total. The molecule has 0 aliphatic rings. The second-order valence-corrected chi connectivity index (χ2v) is 6.19. The zero-order chi connectivity index (χ0) is 16.8. The lowest BCUT2D eigenvalue weighted by Gasteiger charge is -2.16. The number of halogens is 2. The largest absolute Gasteiger partial charge is 0.493 e. The van der Waals surface area contributed by atoms with Gasteiger partial charge in [0.2, 0.25) is 0 Å². The number of hydrogen-bond donors (Lipinski definition) is 1. The van der Waals surface area contributed by atoms with Crippen molar-refractivity contribution in [2.24, 2.45) is 0 Å². The summed E-state index contributed by atoms with van der Waals surface area (Å²) in [4.78, 5) is 12.3. The van der Waals surface area contributed by atoms with E-state index in [0.29, 0.717) is 27.5 Å². The molecule has 4 nitrogen and oxygen atoms in total. The summed E-state index contributed by atoms with van der Waals surface area (Å²) in [5.41, 5.74) is 1.50. The highest BCUT2D eigenvalue weighted by molar-refractivity contribution is 9.10. The lowest BCUT2D eigenvalue weighted by atomic mass is 10.2. The van der Waals surface area contributed by atoms with E-state index >= 15 is 0 Å². The van der Waals surface area contributed by atoms with Gasteiger partial charge in [0, 0.05) is 5.02 Å². The van der Waals surface area contributed by atoms with Crippen molar-refractivity contribution in [3.8, 4) is 5.75 Å². The van der Waals surface area contributed by atoms with Crippen molar-refractivity contribution >= 4 is 39.1 Å². The minimum absolute atomic E-state index is 0.270. The van der Waals surface area contributed by atoms with E-state index in [-0.39, 0.29) is 5.91 Å². The first-order valence-electron chi connectivity index (χ1n) is 7.00. The lowest BCUT2D eigenvalue weighted by Crippen LogP contribution is -2.27. The van der Waals surface area contributed by atoms with E-state index in [0.717, 1.165) is 5.56 Å². The van der Waals surface area contributed by atoms with Crippen LogP contribution in [0.4, 0.5) is 5.69 Å². The monoisotopic (exact) mass is 397 g/mol. The van der Waals surface area contributed by atoms with Crippen LogP contribution in [0.15, 0.2) is 46.9 Å². The zero-order valence-corrected chi connectivity index (χ0v) is 15.1. The summed E-state index contributed by atoms with van der Waals surface area (Å²) in [5.74, 6) is 0.242. The average molecular weight is 399 g/mol. The molecule has 0 unspecified atom stereocenters. The molecule has 2 aromatic carbocycles. The highest BCUT2D eigenvalue weighted by atomic mass is 79.9. The number of hydrogen-bond acceptors (Lipinski definition) is 3. The molecule has 0 bridgehead atoms. The summed E-state index contributed by atoms with van der Waals surface area (Å²) in [5, 5.41) is 3.27. The predicted molar refractivity (Wildman–Crippen MR) is 95.0 cm³/mol. The third-order valence-electron chi connectivity index (χ3n) is 3.18. The van der Waals surface area contributed by atoms with Crippen molar-refractivity contribution in [3.05, 3.63) is 57.5 Å². The maximum Gasteiger partial charge on any atom is 0.253 e. The van der Waals surface area contributed by atoms with Crippen LogP contribution < -0.4 is 10.1 Å². The van der Waals surface area contributed by atoms with Crippen LogP contribution in [0, 0.1) is 0 Å². The van der Waals surface area contributed by atoms with Crippen LogP contribution in [0.1, 0.15) is 12.5 Å². The number of methoxy groups -OCH3 is 1. The molecule has 23 heavy (non-hydrogen) atoms. The first-order valence-corrected chi connectivity index (χ1v) is 8.17. The molecule has 122 valence electrons. The zero-order valence-electron chi connectivity index (χ0n) is 12.8. The van der Waals surface area contributed by atoms with Crippen molar-refractivity contribution in [2.75, 3.05) is 12.4 Å². The highest BCUT2D eigenvalue weighted by Gasteiger charge is 2.17. The summed E-state index contributed by atoms with van der Waals surface area (Å²) >= 11 is 9.37. The predicted octanol–water partition coefficient (Wildman–Crippen LogP) is 4.65. The van der Waals surface area contributed by atoms with Crippen LogP contribution in [0.2, 0.25) is 5.02 Å². The number of amides is 1. The van der Waals surface area contributed by atoms with Gasteiger partial charge in [-0.05, 0) is 40.5 Å². The maximum absolute atomic E-state index is 12.3. The van der Waals surface area contributed by atoms with Crippen LogP contribution >= 0.6 is 27.5 Å². The Morgan fingerprint density at radius 1 is 1.30 bits per heavy atom. The first kappa shape index (κ1) is 17.8. The summed E-state index contributed by atoms with van der Waals surface area (Å²) in [6.07, 6.45) is -0.613. The summed E-state index contributed by atoms with van der Waals surface area (Å²) in [7, 11) is 1.53. The van der Waals surface area contributed by atoms with Crippen molar-refractivity contribution in [3.63, 3.8) is 0 Å². The minimum Gasteiger partial charge on any atom is -0.493 e. The van der Waals surface area contributed by atoms with Gasteiger partial charge in [0.15, 0.2) is 5.75 Å². The van der Waals surface area contributed by atoms with Gasteiger partial charge >= 0.3 is 0 Å². The van der Waals surface area contributed by atoms with Crippen LogP contribution in [-0.4, -0.2) is 19.1 Å². The number of carbonyl (C=O) groups is 1. The van der Waals surface area contributed by atoms with Gasteiger partial charge in [-0.2, -0.15) is 0 Å². The van der Waals surface area contributed by atoms with Crippen molar-refractivity contribution < 1.29 is 14.3 Å². The maximum atomic E-state index is 12.3. The molecule has 0 radical (unpaired) electrons. The molecule has 0 aliphatic carbocycles. The van der Waals surface area contributed by atoms with Crippen LogP contribution in [0.3, 0.4) is 0 Å². The molecule has 6 heteroatoms. The normalized spacial score (nSPS) is 11.8. The Hall–Kier alpha value is -1.56. The fraction of sp³-hybridized carbons (Fsp3) is 0.235. The van der Waals surface area contributed by atoms with E-state index in [9.17, 15) is 4.79 Å². The van der Waals surface area contributed by atoms with Gasteiger partial charge < -0.3 is 14.8 Å². The van der Waals surface area contributed by atoms with Crippen LogP contribution in [0.25, 0.3) is 0 Å². The Labute approximate surface area is 148 Å². The average Bonchev–Trinajstić information content (AvgIpc) is 2.53. The molecular formula is C17H17BrClNO3. The molecule has 0 saturated carbocycles. The number of benzene rings is 2. The van der Waals surface area contributed by atoms with Crippen LogP contribution in [0.5, 0.6) is 5.75 Å². The fourth-order valence-corrected chi connectivity index (χ4v) is 2.94. The SMILES string of the molecule is COc1c(Br)cc(Cl)cc1NC(=O)[C@@H](C)OCc1ccccc1. The topological polar surface area (TPSA) is 47.6 Å². The Bertz CT molecular complexity index is 679. The van der Waals surface area contributed by atoms with Gasteiger partial charge in [0.05, 0.1) is 23.9 Å². The quantitative estimate of drug-likeness (QED) is 0.770.